The zero-order valence-electron chi connectivity index (χ0n) is 13.2. The molecular formula is C18H17N5O. The molecule has 120 valence electrons. The third-order valence-electron chi connectivity index (χ3n) is 3.94. The number of hydrogen-bond donors (Lipinski definition) is 0. The average molecular weight is 319 g/mol. The van der Waals surface area contributed by atoms with E-state index in [-0.39, 0.29) is 0 Å². The van der Waals surface area contributed by atoms with Crippen molar-refractivity contribution in [1.29, 1.82) is 0 Å². The SMILES string of the molecule is c1ccc(-c2ncnc(-c3ccnc(N4CCOCC4)c3)n2)cc1. The van der Waals surface area contributed by atoms with Gasteiger partial charge in [0.1, 0.15) is 12.1 Å². The molecule has 1 aliphatic rings. The second-order valence-electron chi connectivity index (χ2n) is 5.50. The standard InChI is InChI=1S/C18H17N5O/c1-2-4-14(5-3-1)17-20-13-21-18(22-17)15-6-7-19-16(12-15)23-8-10-24-11-9-23/h1-7,12-13H,8-11H2. The number of rotatable bonds is 3. The molecule has 0 N–H and O–H groups in total. The molecule has 24 heavy (non-hydrogen) atoms. The summed E-state index contributed by atoms with van der Waals surface area (Å²) in [7, 11) is 0. The number of morpholine rings is 1. The maximum absolute atomic E-state index is 5.40. The highest BCUT2D eigenvalue weighted by molar-refractivity contribution is 5.63. The lowest BCUT2D eigenvalue weighted by Gasteiger charge is -2.27. The van der Waals surface area contributed by atoms with Gasteiger partial charge in [-0.1, -0.05) is 30.3 Å². The molecule has 0 atom stereocenters. The number of nitrogens with zero attached hydrogens (tertiary/aromatic N) is 5. The molecule has 3 heterocycles. The van der Waals surface area contributed by atoms with E-state index in [4.69, 9.17) is 4.74 Å². The Labute approximate surface area is 140 Å². The molecule has 4 rings (SSSR count). The first-order valence-electron chi connectivity index (χ1n) is 7.94. The van der Waals surface area contributed by atoms with Gasteiger partial charge in [0.15, 0.2) is 11.6 Å². The average Bonchev–Trinajstić information content (AvgIpc) is 2.70. The Hall–Kier alpha value is -2.86. The van der Waals surface area contributed by atoms with Crippen LogP contribution in [0.2, 0.25) is 0 Å². The van der Waals surface area contributed by atoms with Crippen molar-refractivity contribution in [3.05, 3.63) is 55.0 Å². The van der Waals surface area contributed by atoms with Gasteiger partial charge in [0, 0.05) is 30.4 Å². The Balaban J connectivity index is 1.66. The Morgan fingerprint density at radius 1 is 0.833 bits per heavy atom. The first-order valence-corrected chi connectivity index (χ1v) is 7.94. The van der Waals surface area contributed by atoms with Gasteiger partial charge in [-0.2, -0.15) is 0 Å². The summed E-state index contributed by atoms with van der Waals surface area (Å²) in [4.78, 5) is 19.9. The van der Waals surface area contributed by atoms with Gasteiger partial charge in [0.05, 0.1) is 13.2 Å². The monoisotopic (exact) mass is 319 g/mol. The molecule has 0 radical (unpaired) electrons. The summed E-state index contributed by atoms with van der Waals surface area (Å²) in [5.41, 5.74) is 1.91. The van der Waals surface area contributed by atoms with Gasteiger partial charge in [-0.05, 0) is 12.1 Å². The molecule has 0 saturated carbocycles. The number of anilines is 1. The minimum Gasteiger partial charge on any atom is -0.378 e. The van der Waals surface area contributed by atoms with Crippen LogP contribution >= 0.6 is 0 Å². The van der Waals surface area contributed by atoms with Gasteiger partial charge in [-0.15, -0.1) is 0 Å². The van der Waals surface area contributed by atoms with Gasteiger partial charge in [-0.3, -0.25) is 0 Å². The highest BCUT2D eigenvalue weighted by Gasteiger charge is 2.14. The molecule has 3 aromatic rings. The van der Waals surface area contributed by atoms with Gasteiger partial charge < -0.3 is 9.64 Å². The van der Waals surface area contributed by atoms with Crippen LogP contribution in [0.5, 0.6) is 0 Å². The molecule has 6 heteroatoms. The third kappa shape index (κ3) is 3.09. The second-order valence-corrected chi connectivity index (χ2v) is 5.50. The Kier molecular flexibility index (Phi) is 4.12. The Morgan fingerprint density at radius 3 is 2.38 bits per heavy atom. The van der Waals surface area contributed by atoms with Crippen LogP contribution in [0, 0.1) is 0 Å². The molecular weight excluding hydrogens is 302 g/mol. The summed E-state index contributed by atoms with van der Waals surface area (Å²) >= 11 is 0. The van der Waals surface area contributed by atoms with Gasteiger partial charge in [-0.25, -0.2) is 19.9 Å². The number of pyridine rings is 1. The van der Waals surface area contributed by atoms with Crippen LogP contribution in [0.1, 0.15) is 0 Å². The molecule has 2 aromatic heterocycles. The van der Waals surface area contributed by atoms with Crippen molar-refractivity contribution in [2.75, 3.05) is 31.2 Å². The zero-order chi connectivity index (χ0) is 16.2. The van der Waals surface area contributed by atoms with Crippen molar-refractivity contribution in [3.8, 4) is 22.8 Å². The number of hydrogen-bond acceptors (Lipinski definition) is 6. The van der Waals surface area contributed by atoms with Crippen LogP contribution in [0.4, 0.5) is 5.82 Å². The van der Waals surface area contributed by atoms with E-state index >= 15 is 0 Å². The van der Waals surface area contributed by atoms with E-state index in [0.29, 0.717) is 11.6 Å². The fourth-order valence-corrected chi connectivity index (χ4v) is 2.68. The van der Waals surface area contributed by atoms with E-state index in [9.17, 15) is 0 Å². The summed E-state index contributed by atoms with van der Waals surface area (Å²) in [5, 5.41) is 0. The predicted molar refractivity (Wildman–Crippen MR) is 91.5 cm³/mol. The van der Waals surface area contributed by atoms with E-state index in [1.807, 2.05) is 42.5 Å². The molecule has 1 aliphatic heterocycles. The maximum Gasteiger partial charge on any atom is 0.163 e. The van der Waals surface area contributed by atoms with Crippen molar-refractivity contribution < 1.29 is 4.74 Å². The number of ether oxygens (including phenoxy) is 1. The Morgan fingerprint density at radius 2 is 1.58 bits per heavy atom. The van der Waals surface area contributed by atoms with E-state index in [1.165, 1.54) is 0 Å². The molecule has 0 amide bonds. The number of benzene rings is 1. The molecule has 0 aliphatic carbocycles. The molecule has 0 spiro atoms. The molecule has 1 aromatic carbocycles. The van der Waals surface area contributed by atoms with E-state index in [2.05, 4.69) is 24.8 Å². The molecule has 1 fully saturated rings. The van der Waals surface area contributed by atoms with E-state index in [1.54, 1.807) is 12.5 Å². The van der Waals surface area contributed by atoms with Crippen molar-refractivity contribution in [2.45, 2.75) is 0 Å². The van der Waals surface area contributed by atoms with Crippen molar-refractivity contribution in [2.24, 2.45) is 0 Å². The van der Waals surface area contributed by atoms with Crippen molar-refractivity contribution in [1.82, 2.24) is 19.9 Å². The summed E-state index contributed by atoms with van der Waals surface area (Å²) in [6.07, 6.45) is 3.35. The fourth-order valence-electron chi connectivity index (χ4n) is 2.68. The first-order chi connectivity index (χ1) is 11.9. The van der Waals surface area contributed by atoms with Crippen LogP contribution < -0.4 is 4.90 Å². The maximum atomic E-state index is 5.40. The van der Waals surface area contributed by atoms with E-state index in [0.717, 1.165) is 43.2 Å². The smallest absolute Gasteiger partial charge is 0.163 e. The number of aromatic nitrogens is 4. The quantitative estimate of drug-likeness (QED) is 0.739. The fraction of sp³-hybridized carbons (Fsp3) is 0.222. The van der Waals surface area contributed by atoms with Crippen molar-refractivity contribution in [3.63, 3.8) is 0 Å². The van der Waals surface area contributed by atoms with Crippen LogP contribution in [0.25, 0.3) is 22.8 Å². The minimum atomic E-state index is 0.653. The summed E-state index contributed by atoms with van der Waals surface area (Å²) in [6.45, 7) is 3.16. The van der Waals surface area contributed by atoms with Crippen LogP contribution in [-0.2, 0) is 4.74 Å². The summed E-state index contributed by atoms with van der Waals surface area (Å²) in [5.74, 6) is 2.25. The van der Waals surface area contributed by atoms with Crippen LogP contribution in [-0.4, -0.2) is 46.2 Å². The van der Waals surface area contributed by atoms with Gasteiger partial charge in [0.2, 0.25) is 0 Å². The normalized spacial score (nSPS) is 14.6. The first kappa shape index (κ1) is 14.7. The van der Waals surface area contributed by atoms with Crippen molar-refractivity contribution >= 4 is 5.82 Å². The molecule has 1 saturated heterocycles. The Bertz CT molecular complexity index is 818. The lowest BCUT2D eigenvalue weighted by atomic mass is 10.2. The third-order valence-corrected chi connectivity index (χ3v) is 3.94. The topological polar surface area (TPSA) is 64.0 Å². The zero-order valence-corrected chi connectivity index (χ0v) is 13.2. The highest BCUT2D eigenvalue weighted by Crippen LogP contribution is 2.22. The summed E-state index contributed by atoms with van der Waals surface area (Å²) in [6, 6.07) is 13.9. The molecule has 0 unspecified atom stereocenters. The van der Waals surface area contributed by atoms with Gasteiger partial charge >= 0.3 is 0 Å². The predicted octanol–water partition coefficient (Wildman–Crippen LogP) is 2.44. The largest absolute Gasteiger partial charge is 0.378 e. The van der Waals surface area contributed by atoms with E-state index < -0.39 is 0 Å². The lowest BCUT2D eigenvalue weighted by Crippen LogP contribution is -2.36. The van der Waals surface area contributed by atoms with Crippen LogP contribution in [0.3, 0.4) is 0 Å². The minimum absolute atomic E-state index is 0.653. The molecule has 0 bridgehead atoms. The lowest BCUT2D eigenvalue weighted by molar-refractivity contribution is 0.122. The van der Waals surface area contributed by atoms with Crippen LogP contribution in [0.15, 0.2) is 55.0 Å². The van der Waals surface area contributed by atoms with Gasteiger partial charge in [0.25, 0.3) is 0 Å². The summed E-state index contributed by atoms with van der Waals surface area (Å²) < 4.78 is 5.40. The molecule has 6 nitrogen and oxygen atoms in total. The highest BCUT2D eigenvalue weighted by atomic mass is 16.5. The second kappa shape index (κ2) is 6.72.